The quantitative estimate of drug-likeness (QED) is 0.435. The second-order valence-corrected chi connectivity index (χ2v) is 5.90. The molecule has 0 bridgehead atoms. The van der Waals surface area contributed by atoms with Crippen molar-refractivity contribution >= 4 is 79.4 Å². The average molecular weight is 529 g/mol. The summed E-state index contributed by atoms with van der Waals surface area (Å²) >= 11 is 6.15. The van der Waals surface area contributed by atoms with Gasteiger partial charge in [0.05, 0.1) is 14.8 Å². The molecule has 1 aromatic carbocycles. The topological polar surface area (TPSA) is 63.3 Å². The van der Waals surface area contributed by atoms with Gasteiger partial charge in [-0.3, -0.25) is 0 Å². The largest absolute Gasteiger partial charge is 0.478 e. The van der Waals surface area contributed by atoms with Gasteiger partial charge < -0.3 is 10.8 Å². The number of carbonyl (C=O) groups is 1. The molecular formula is C8H6I3NO2. The van der Waals surface area contributed by atoms with E-state index in [-0.39, 0.29) is 0 Å². The van der Waals surface area contributed by atoms with E-state index in [1.165, 1.54) is 0 Å². The van der Waals surface area contributed by atoms with Gasteiger partial charge in [0.1, 0.15) is 0 Å². The molecule has 14 heavy (non-hydrogen) atoms. The number of aromatic carboxylic acids is 1. The van der Waals surface area contributed by atoms with Gasteiger partial charge in [0.25, 0.3) is 0 Å². The van der Waals surface area contributed by atoms with E-state index in [1.54, 1.807) is 0 Å². The summed E-state index contributed by atoms with van der Waals surface area (Å²) in [6.07, 6.45) is 0. The Morgan fingerprint density at radius 1 is 1.21 bits per heavy atom. The molecule has 1 rings (SSSR count). The van der Waals surface area contributed by atoms with E-state index in [4.69, 9.17) is 10.8 Å². The first kappa shape index (κ1) is 12.7. The molecule has 0 saturated carbocycles. The Kier molecular flexibility index (Phi) is 4.26. The first-order valence-electron chi connectivity index (χ1n) is 3.53. The van der Waals surface area contributed by atoms with Crippen molar-refractivity contribution in [2.45, 2.75) is 6.92 Å². The van der Waals surface area contributed by atoms with Crippen LogP contribution < -0.4 is 5.73 Å². The van der Waals surface area contributed by atoms with Gasteiger partial charge in [0, 0.05) is 7.14 Å². The average Bonchev–Trinajstić information content (AvgIpc) is 2.11. The van der Waals surface area contributed by atoms with E-state index in [9.17, 15) is 4.79 Å². The molecule has 0 radical (unpaired) electrons. The van der Waals surface area contributed by atoms with E-state index in [2.05, 4.69) is 22.6 Å². The maximum Gasteiger partial charge on any atom is 0.337 e. The van der Waals surface area contributed by atoms with Crippen LogP contribution in [0.1, 0.15) is 15.9 Å². The predicted molar refractivity (Wildman–Crippen MR) is 80.7 cm³/mol. The van der Waals surface area contributed by atoms with E-state index < -0.39 is 5.97 Å². The summed E-state index contributed by atoms with van der Waals surface area (Å²) in [6, 6.07) is 0. The number of nitrogen functional groups attached to an aromatic ring is 1. The van der Waals surface area contributed by atoms with Crippen molar-refractivity contribution in [1.82, 2.24) is 0 Å². The molecule has 0 aromatic heterocycles. The van der Waals surface area contributed by atoms with Gasteiger partial charge >= 0.3 is 5.97 Å². The van der Waals surface area contributed by atoms with Gasteiger partial charge in [-0.05, 0) is 80.3 Å². The zero-order valence-electron chi connectivity index (χ0n) is 7.07. The molecule has 1 aromatic rings. The van der Waals surface area contributed by atoms with Crippen molar-refractivity contribution in [2.75, 3.05) is 5.73 Å². The van der Waals surface area contributed by atoms with Crippen LogP contribution in [0.15, 0.2) is 0 Å². The molecule has 76 valence electrons. The molecule has 0 atom stereocenters. The van der Waals surface area contributed by atoms with Crippen molar-refractivity contribution in [2.24, 2.45) is 0 Å². The summed E-state index contributed by atoms with van der Waals surface area (Å²) in [6.45, 7) is 1.88. The van der Waals surface area contributed by atoms with Crippen LogP contribution in [0.4, 0.5) is 5.69 Å². The normalized spacial score (nSPS) is 10.3. The number of nitrogens with two attached hydrogens (primary N) is 1. The second-order valence-electron chi connectivity index (χ2n) is 2.66. The number of rotatable bonds is 1. The Hall–Kier alpha value is 0.680. The summed E-state index contributed by atoms with van der Waals surface area (Å²) < 4.78 is 2.31. The maximum absolute atomic E-state index is 11.0. The third-order valence-corrected chi connectivity index (χ3v) is 5.64. The number of carboxylic acid groups (broad SMARTS) is 1. The molecule has 0 saturated heterocycles. The highest BCUT2D eigenvalue weighted by atomic mass is 127. The fourth-order valence-electron chi connectivity index (χ4n) is 1.00. The zero-order chi connectivity index (χ0) is 11.0. The molecule has 0 spiro atoms. The van der Waals surface area contributed by atoms with Crippen molar-refractivity contribution in [3.8, 4) is 0 Å². The van der Waals surface area contributed by atoms with Crippen LogP contribution in [0, 0.1) is 17.6 Å². The zero-order valence-corrected chi connectivity index (χ0v) is 13.5. The van der Waals surface area contributed by atoms with Gasteiger partial charge in [-0.15, -0.1) is 0 Å². The Labute approximate surface area is 122 Å². The van der Waals surface area contributed by atoms with Crippen molar-refractivity contribution in [1.29, 1.82) is 0 Å². The van der Waals surface area contributed by atoms with Gasteiger partial charge in [-0.25, -0.2) is 4.79 Å². The van der Waals surface area contributed by atoms with Crippen molar-refractivity contribution < 1.29 is 9.90 Å². The molecule has 3 N–H and O–H groups in total. The predicted octanol–water partition coefficient (Wildman–Crippen LogP) is 3.09. The van der Waals surface area contributed by atoms with Crippen LogP contribution in [0.25, 0.3) is 0 Å². The first-order chi connectivity index (χ1) is 6.37. The highest BCUT2D eigenvalue weighted by Gasteiger charge is 2.20. The number of hydrogen-bond acceptors (Lipinski definition) is 2. The van der Waals surface area contributed by atoms with E-state index >= 15 is 0 Å². The lowest BCUT2D eigenvalue weighted by Crippen LogP contribution is -2.10. The summed E-state index contributed by atoms with van der Waals surface area (Å²) in [5, 5.41) is 9.02. The van der Waals surface area contributed by atoms with Crippen LogP contribution in [0.2, 0.25) is 0 Å². The molecule has 0 amide bonds. The molecule has 0 fully saturated rings. The minimum absolute atomic E-state index is 0.307. The highest BCUT2D eigenvalue weighted by molar-refractivity contribution is 14.1. The van der Waals surface area contributed by atoms with Gasteiger partial charge in [-0.2, -0.15) is 0 Å². The number of hydrogen-bond donors (Lipinski definition) is 2. The summed E-state index contributed by atoms with van der Waals surface area (Å²) in [5.74, 6) is -0.926. The molecule has 0 heterocycles. The lowest BCUT2D eigenvalue weighted by molar-refractivity contribution is 0.0694. The van der Waals surface area contributed by atoms with Crippen molar-refractivity contribution in [3.05, 3.63) is 21.8 Å². The number of carboxylic acids is 1. The van der Waals surface area contributed by atoms with E-state index in [1.807, 2.05) is 52.1 Å². The first-order valence-corrected chi connectivity index (χ1v) is 6.77. The highest BCUT2D eigenvalue weighted by Crippen LogP contribution is 2.32. The minimum atomic E-state index is -0.926. The molecule has 0 unspecified atom stereocenters. The molecule has 6 heteroatoms. The van der Waals surface area contributed by atoms with Crippen LogP contribution in [0.3, 0.4) is 0 Å². The SMILES string of the molecule is Cc1c(I)c(N)c(I)c(C(=O)O)c1I. The monoisotopic (exact) mass is 529 g/mol. The van der Waals surface area contributed by atoms with Crippen molar-refractivity contribution in [3.63, 3.8) is 0 Å². The summed E-state index contributed by atoms with van der Waals surface area (Å²) in [7, 11) is 0. The molecule has 0 aliphatic rings. The fraction of sp³-hybridized carbons (Fsp3) is 0.125. The van der Waals surface area contributed by atoms with Crippen LogP contribution in [0.5, 0.6) is 0 Å². The van der Waals surface area contributed by atoms with Crippen LogP contribution >= 0.6 is 67.8 Å². The number of anilines is 1. The Morgan fingerprint density at radius 3 is 2.14 bits per heavy atom. The molecular weight excluding hydrogens is 523 g/mol. The number of halogens is 3. The number of benzene rings is 1. The third kappa shape index (κ3) is 2.10. The van der Waals surface area contributed by atoms with Crippen LogP contribution in [-0.2, 0) is 0 Å². The van der Waals surface area contributed by atoms with Gasteiger partial charge in [0.2, 0.25) is 0 Å². The molecule has 0 aliphatic heterocycles. The smallest absolute Gasteiger partial charge is 0.337 e. The van der Waals surface area contributed by atoms with Gasteiger partial charge in [-0.1, -0.05) is 0 Å². The standard InChI is InChI=1S/C8H6I3NO2/c1-2-4(9)3(8(13)14)6(11)7(12)5(2)10/h12H2,1H3,(H,13,14). The third-order valence-electron chi connectivity index (χ3n) is 1.78. The lowest BCUT2D eigenvalue weighted by Gasteiger charge is -2.11. The molecule has 0 aliphatic carbocycles. The minimum Gasteiger partial charge on any atom is -0.478 e. The Balaban J connectivity index is 3.68. The van der Waals surface area contributed by atoms with Gasteiger partial charge in [0.15, 0.2) is 0 Å². The Morgan fingerprint density at radius 2 is 1.71 bits per heavy atom. The Bertz CT molecular complexity index is 389. The molecule has 3 nitrogen and oxygen atoms in total. The van der Waals surface area contributed by atoms with Crippen LogP contribution in [-0.4, -0.2) is 11.1 Å². The fourth-order valence-corrected chi connectivity index (χ4v) is 4.63. The summed E-state index contributed by atoms with van der Waals surface area (Å²) in [4.78, 5) is 11.0. The second kappa shape index (κ2) is 4.68. The van der Waals surface area contributed by atoms with E-state index in [0.717, 1.165) is 12.7 Å². The maximum atomic E-state index is 11.0. The van der Waals surface area contributed by atoms with E-state index in [0.29, 0.717) is 14.8 Å². The lowest BCUT2D eigenvalue weighted by atomic mass is 10.1. The summed E-state index contributed by atoms with van der Waals surface area (Å²) in [5.41, 5.74) is 7.60.